The molecule has 1 atom stereocenters. The SMILES string of the molecule is NC(=NO)c1ccc(CNCC2CCN(C3CC3)C2)cc1. The van der Waals surface area contributed by atoms with Crippen LogP contribution in [0.5, 0.6) is 0 Å². The molecule has 114 valence electrons. The second kappa shape index (κ2) is 6.45. The zero-order valence-corrected chi connectivity index (χ0v) is 12.3. The summed E-state index contributed by atoms with van der Waals surface area (Å²) in [5.41, 5.74) is 7.52. The van der Waals surface area contributed by atoms with Crippen LogP contribution in [0.4, 0.5) is 0 Å². The molecular weight excluding hydrogens is 264 g/mol. The van der Waals surface area contributed by atoms with Crippen molar-refractivity contribution in [2.24, 2.45) is 16.8 Å². The molecule has 2 aliphatic rings. The molecule has 1 unspecified atom stereocenters. The molecule has 4 N–H and O–H groups in total. The molecule has 1 saturated carbocycles. The first kappa shape index (κ1) is 14.4. The third-order valence-corrected chi connectivity index (χ3v) is 4.50. The zero-order chi connectivity index (χ0) is 14.7. The second-order valence-electron chi connectivity index (χ2n) is 6.19. The van der Waals surface area contributed by atoms with Gasteiger partial charge in [0.15, 0.2) is 5.84 Å². The number of nitrogens with one attached hydrogen (secondary N) is 1. The van der Waals surface area contributed by atoms with Crippen LogP contribution >= 0.6 is 0 Å². The summed E-state index contributed by atoms with van der Waals surface area (Å²) in [6.07, 6.45) is 4.14. The summed E-state index contributed by atoms with van der Waals surface area (Å²) in [6, 6.07) is 8.71. The second-order valence-corrected chi connectivity index (χ2v) is 6.19. The quantitative estimate of drug-likeness (QED) is 0.320. The lowest BCUT2D eigenvalue weighted by Gasteiger charge is -2.15. The molecule has 1 aliphatic heterocycles. The van der Waals surface area contributed by atoms with Crippen LogP contribution in [0.1, 0.15) is 30.4 Å². The number of rotatable bonds is 6. The van der Waals surface area contributed by atoms with Gasteiger partial charge in [0.25, 0.3) is 0 Å². The number of hydrogen-bond donors (Lipinski definition) is 3. The number of benzene rings is 1. The van der Waals surface area contributed by atoms with E-state index in [0.29, 0.717) is 0 Å². The predicted octanol–water partition coefficient (Wildman–Crippen LogP) is 1.35. The first-order valence-corrected chi connectivity index (χ1v) is 7.78. The molecule has 2 fully saturated rings. The molecule has 1 saturated heterocycles. The molecule has 0 radical (unpaired) electrons. The number of hydrogen-bond acceptors (Lipinski definition) is 4. The Morgan fingerprint density at radius 1 is 1.29 bits per heavy atom. The normalized spacial score (nSPS) is 23.6. The molecule has 0 amide bonds. The van der Waals surface area contributed by atoms with E-state index in [-0.39, 0.29) is 5.84 Å². The Morgan fingerprint density at radius 2 is 2.05 bits per heavy atom. The average Bonchev–Trinajstić information content (AvgIpc) is 3.27. The molecule has 0 aromatic heterocycles. The van der Waals surface area contributed by atoms with E-state index in [0.717, 1.165) is 30.6 Å². The zero-order valence-electron chi connectivity index (χ0n) is 12.3. The number of nitrogens with two attached hydrogens (primary N) is 1. The molecule has 1 aliphatic carbocycles. The van der Waals surface area contributed by atoms with Gasteiger partial charge in [0, 0.05) is 24.7 Å². The topological polar surface area (TPSA) is 73.9 Å². The van der Waals surface area contributed by atoms with E-state index < -0.39 is 0 Å². The summed E-state index contributed by atoms with van der Waals surface area (Å²) in [5, 5.41) is 15.2. The number of oxime groups is 1. The minimum Gasteiger partial charge on any atom is -0.409 e. The monoisotopic (exact) mass is 288 g/mol. The molecule has 0 spiro atoms. The van der Waals surface area contributed by atoms with Gasteiger partial charge in [0.1, 0.15) is 0 Å². The fourth-order valence-electron chi connectivity index (χ4n) is 3.07. The fourth-order valence-corrected chi connectivity index (χ4v) is 3.07. The van der Waals surface area contributed by atoms with Crippen LogP contribution in [0.3, 0.4) is 0 Å². The van der Waals surface area contributed by atoms with Gasteiger partial charge in [-0.1, -0.05) is 29.4 Å². The van der Waals surface area contributed by atoms with Crippen LogP contribution in [-0.4, -0.2) is 41.6 Å². The van der Waals surface area contributed by atoms with Crippen molar-refractivity contribution in [3.63, 3.8) is 0 Å². The summed E-state index contributed by atoms with van der Waals surface area (Å²) in [6.45, 7) is 4.51. The maximum atomic E-state index is 8.63. The Bertz CT molecular complexity index is 496. The van der Waals surface area contributed by atoms with Gasteiger partial charge in [-0.15, -0.1) is 0 Å². The smallest absolute Gasteiger partial charge is 0.170 e. The van der Waals surface area contributed by atoms with Gasteiger partial charge in [0.05, 0.1) is 0 Å². The maximum absolute atomic E-state index is 8.63. The maximum Gasteiger partial charge on any atom is 0.170 e. The lowest BCUT2D eigenvalue weighted by Crippen LogP contribution is -2.27. The summed E-state index contributed by atoms with van der Waals surface area (Å²) < 4.78 is 0. The lowest BCUT2D eigenvalue weighted by molar-refractivity contribution is 0.312. The molecule has 1 aromatic rings. The molecule has 3 rings (SSSR count). The van der Waals surface area contributed by atoms with Gasteiger partial charge >= 0.3 is 0 Å². The Hall–Kier alpha value is -1.59. The van der Waals surface area contributed by atoms with Crippen molar-refractivity contribution in [1.82, 2.24) is 10.2 Å². The van der Waals surface area contributed by atoms with Gasteiger partial charge in [-0.25, -0.2) is 0 Å². The van der Waals surface area contributed by atoms with E-state index >= 15 is 0 Å². The summed E-state index contributed by atoms with van der Waals surface area (Å²) >= 11 is 0. The van der Waals surface area contributed by atoms with Gasteiger partial charge in [-0.2, -0.15) is 0 Å². The highest BCUT2D eigenvalue weighted by Gasteiger charge is 2.33. The Labute approximate surface area is 125 Å². The Kier molecular flexibility index (Phi) is 4.41. The molecule has 21 heavy (non-hydrogen) atoms. The van der Waals surface area contributed by atoms with Crippen LogP contribution in [0.25, 0.3) is 0 Å². The van der Waals surface area contributed by atoms with E-state index in [9.17, 15) is 0 Å². The van der Waals surface area contributed by atoms with E-state index in [1.54, 1.807) is 0 Å². The van der Waals surface area contributed by atoms with E-state index in [4.69, 9.17) is 10.9 Å². The highest BCUT2D eigenvalue weighted by molar-refractivity contribution is 5.96. The number of nitrogens with zero attached hydrogens (tertiary/aromatic N) is 2. The van der Waals surface area contributed by atoms with Crippen molar-refractivity contribution in [3.8, 4) is 0 Å². The fraction of sp³-hybridized carbons (Fsp3) is 0.562. The highest BCUT2D eigenvalue weighted by Crippen LogP contribution is 2.31. The molecule has 5 heteroatoms. The first-order chi connectivity index (χ1) is 10.3. The van der Waals surface area contributed by atoms with Crippen molar-refractivity contribution in [2.45, 2.75) is 31.8 Å². The third-order valence-electron chi connectivity index (χ3n) is 4.50. The van der Waals surface area contributed by atoms with Gasteiger partial charge < -0.3 is 21.2 Å². The van der Waals surface area contributed by atoms with Gasteiger partial charge in [-0.3, -0.25) is 0 Å². The lowest BCUT2D eigenvalue weighted by atomic mass is 10.1. The summed E-state index contributed by atoms with van der Waals surface area (Å²) in [4.78, 5) is 2.65. The largest absolute Gasteiger partial charge is 0.409 e. The average molecular weight is 288 g/mol. The Morgan fingerprint density at radius 3 is 2.71 bits per heavy atom. The summed E-state index contributed by atoms with van der Waals surface area (Å²) in [5.74, 6) is 0.947. The number of amidine groups is 1. The molecular formula is C16H24N4O. The van der Waals surface area contributed by atoms with Gasteiger partial charge in [0.2, 0.25) is 0 Å². The minimum absolute atomic E-state index is 0.153. The predicted molar refractivity (Wildman–Crippen MR) is 83.4 cm³/mol. The van der Waals surface area contributed by atoms with Crippen molar-refractivity contribution in [1.29, 1.82) is 0 Å². The minimum atomic E-state index is 0.153. The van der Waals surface area contributed by atoms with Crippen LogP contribution in [-0.2, 0) is 6.54 Å². The molecule has 1 aromatic carbocycles. The third kappa shape index (κ3) is 3.74. The van der Waals surface area contributed by atoms with Crippen molar-refractivity contribution in [3.05, 3.63) is 35.4 Å². The van der Waals surface area contributed by atoms with Crippen LogP contribution in [0, 0.1) is 5.92 Å². The van der Waals surface area contributed by atoms with Gasteiger partial charge in [-0.05, 0) is 43.8 Å². The van der Waals surface area contributed by atoms with Crippen LogP contribution < -0.4 is 11.1 Å². The molecule has 0 bridgehead atoms. The molecule has 1 heterocycles. The van der Waals surface area contributed by atoms with Crippen molar-refractivity contribution >= 4 is 5.84 Å². The highest BCUT2D eigenvalue weighted by atomic mass is 16.4. The van der Waals surface area contributed by atoms with Crippen molar-refractivity contribution in [2.75, 3.05) is 19.6 Å². The first-order valence-electron chi connectivity index (χ1n) is 7.78. The Balaban J connectivity index is 1.41. The van der Waals surface area contributed by atoms with E-state index in [1.807, 2.05) is 24.3 Å². The van der Waals surface area contributed by atoms with E-state index in [2.05, 4.69) is 15.4 Å². The standard InChI is InChI=1S/C16H24N4O/c17-16(19-21)14-3-1-12(2-4-14)9-18-10-13-7-8-20(11-13)15-5-6-15/h1-4,13,15,18,21H,5-11H2,(H2,17,19). The van der Waals surface area contributed by atoms with E-state index in [1.165, 1.54) is 37.9 Å². The number of likely N-dealkylation sites (tertiary alicyclic amines) is 1. The summed E-state index contributed by atoms with van der Waals surface area (Å²) in [7, 11) is 0. The van der Waals surface area contributed by atoms with Crippen LogP contribution in [0.2, 0.25) is 0 Å². The van der Waals surface area contributed by atoms with Crippen LogP contribution in [0.15, 0.2) is 29.4 Å². The van der Waals surface area contributed by atoms with Crippen molar-refractivity contribution < 1.29 is 5.21 Å². The molecule has 5 nitrogen and oxygen atoms in total.